The smallest absolute Gasteiger partial charge is 0.175 e. The van der Waals surface area contributed by atoms with Gasteiger partial charge in [0.05, 0.1) is 11.6 Å². The van der Waals surface area contributed by atoms with E-state index in [0.717, 1.165) is 21.3 Å². The van der Waals surface area contributed by atoms with Crippen molar-refractivity contribution in [2.24, 2.45) is 0 Å². The molecule has 0 aliphatic rings. The van der Waals surface area contributed by atoms with Crippen molar-refractivity contribution in [2.75, 3.05) is 12.4 Å². The molecular weight excluding hydrogens is 416 g/mol. The fraction of sp³-hybridized carbons (Fsp3) is 0.143. The molecule has 3 aromatic carbocycles. The molecule has 0 saturated carbocycles. The molecule has 0 aliphatic heterocycles. The molecule has 0 aliphatic carbocycles. The van der Waals surface area contributed by atoms with Gasteiger partial charge in [-0.3, -0.25) is 0 Å². The molecule has 0 amide bonds. The van der Waals surface area contributed by atoms with Crippen molar-refractivity contribution in [2.45, 2.75) is 13.2 Å². The fourth-order valence-electron chi connectivity index (χ4n) is 2.57. The van der Waals surface area contributed by atoms with Crippen molar-refractivity contribution in [3.63, 3.8) is 0 Å². The Bertz CT molecular complexity index is 917. The number of nitrogens with one attached hydrogen (secondary N) is 1. The monoisotopic (exact) mass is 433 g/mol. The van der Waals surface area contributed by atoms with Crippen LogP contribution in [0.15, 0.2) is 65.1 Å². The Hall–Kier alpha value is -2.60. The van der Waals surface area contributed by atoms with E-state index < -0.39 is 0 Å². The zero-order chi connectivity index (χ0) is 19.2. The zero-order valence-corrected chi connectivity index (χ0v) is 16.2. The minimum atomic E-state index is -0.302. The number of hydrogen-bond donors (Lipinski definition) is 1. The van der Waals surface area contributed by atoms with Gasteiger partial charge in [-0.1, -0.05) is 12.1 Å². The average Bonchev–Trinajstić information content (AvgIpc) is 2.66. The highest BCUT2D eigenvalue weighted by Gasteiger charge is 2.12. The number of halogens is 3. The van der Waals surface area contributed by atoms with Crippen molar-refractivity contribution in [3.05, 3.63) is 87.9 Å². The lowest BCUT2D eigenvalue weighted by molar-refractivity contribution is 0.282. The Labute approximate surface area is 165 Å². The van der Waals surface area contributed by atoms with Crippen LogP contribution in [0.4, 0.5) is 14.5 Å². The molecule has 3 nitrogen and oxygen atoms in total. The van der Waals surface area contributed by atoms with E-state index in [0.29, 0.717) is 18.0 Å². The summed E-state index contributed by atoms with van der Waals surface area (Å²) in [5.41, 5.74) is 2.50. The molecule has 3 rings (SSSR count). The minimum absolute atomic E-state index is 0.222. The number of anilines is 1. The van der Waals surface area contributed by atoms with Crippen LogP contribution in [0.3, 0.4) is 0 Å². The molecule has 0 bridgehead atoms. The molecule has 140 valence electrons. The van der Waals surface area contributed by atoms with Gasteiger partial charge < -0.3 is 14.8 Å². The summed E-state index contributed by atoms with van der Waals surface area (Å²) in [6, 6.07) is 16.2. The number of rotatable bonds is 7. The summed E-state index contributed by atoms with van der Waals surface area (Å²) in [5, 5.41) is 3.22. The molecule has 0 heterocycles. The predicted molar refractivity (Wildman–Crippen MR) is 105 cm³/mol. The van der Waals surface area contributed by atoms with Crippen LogP contribution >= 0.6 is 15.9 Å². The Morgan fingerprint density at radius 2 is 1.70 bits per heavy atom. The van der Waals surface area contributed by atoms with Crippen molar-refractivity contribution in [3.8, 4) is 11.5 Å². The van der Waals surface area contributed by atoms with Gasteiger partial charge in [0.2, 0.25) is 0 Å². The Kier molecular flexibility index (Phi) is 6.29. The first-order valence-electron chi connectivity index (χ1n) is 8.28. The molecule has 0 aromatic heterocycles. The van der Waals surface area contributed by atoms with Gasteiger partial charge in [0, 0.05) is 12.2 Å². The van der Waals surface area contributed by atoms with E-state index in [1.165, 1.54) is 24.3 Å². The largest absolute Gasteiger partial charge is 0.493 e. The van der Waals surface area contributed by atoms with Gasteiger partial charge in [-0.15, -0.1) is 0 Å². The molecule has 0 unspecified atom stereocenters. The standard InChI is InChI=1S/C21H18BrF2NO2/c1-26-20-11-15(12-25-18-7-5-16(23)6-8-18)10-19(22)21(20)27-13-14-3-2-4-17(24)9-14/h2-11,25H,12-13H2,1H3. The van der Waals surface area contributed by atoms with Crippen LogP contribution in [0.25, 0.3) is 0 Å². The zero-order valence-electron chi connectivity index (χ0n) is 14.6. The molecule has 0 atom stereocenters. The molecule has 6 heteroatoms. The maximum Gasteiger partial charge on any atom is 0.175 e. The minimum Gasteiger partial charge on any atom is -0.493 e. The van der Waals surface area contributed by atoms with Gasteiger partial charge in [0.15, 0.2) is 11.5 Å². The van der Waals surface area contributed by atoms with Gasteiger partial charge in [-0.2, -0.15) is 0 Å². The van der Waals surface area contributed by atoms with Crippen LogP contribution in [-0.4, -0.2) is 7.11 Å². The first-order valence-corrected chi connectivity index (χ1v) is 9.07. The number of ether oxygens (including phenoxy) is 2. The fourth-order valence-corrected chi connectivity index (χ4v) is 3.17. The third kappa shape index (κ3) is 5.20. The highest BCUT2D eigenvalue weighted by Crippen LogP contribution is 2.37. The lowest BCUT2D eigenvalue weighted by atomic mass is 10.2. The molecule has 3 aromatic rings. The highest BCUT2D eigenvalue weighted by atomic mass is 79.9. The van der Waals surface area contributed by atoms with E-state index in [2.05, 4.69) is 21.2 Å². The predicted octanol–water partition coefficient (Wildman–Crippen LogP) is 5.93. The quantitative estimate of drug-likeness (QED) is 0.500. The summed E-state index contributed by atoms with van der Waals surface area (Å²) >= 11 is 3.51. The van der Waals surface area contributed by atoms with Crippen molar-refractivity contribution < 1.29 is 18.3 Å². The van der Waals surface area contributed by atoms with Crippen LogP contribution < -0.4 is 14.8 Å². The van der Waals surface area contributed by atoms with Gasteiger partial charge in [0.1, 0.15) is 18.2 Å². The van der Waals surface area contributed by atoms with E-state index >= 15 is 0 Å². The van der Waals surface area contributed by atoms with E-state index in [9.17, 15) is 8.78 Å². The van der Waals surface area contributed by atoms with Crippen molar-refractivity contribution in [1.29, 1.82) is 0 Å². The number of benzene rings is 3. The SMILES string of the molecule is COc1cc(CNc2ccc(F)cc2)cc(Br)c1OCc1cccc(F)c1. The highest BCUT2D eigenvalue weighted by molar-refractivity contribution is 9.10. The first kappa shape index (κ1) is 19.2. The third-order valence-electron chi connectivity index (χ3n) is 3.90. The maximum absolute atomic E-state index is 13.3. The Morgan fingerprint density at radius 3 is 2.41 bits per heavy atom. The van der Waals surface area contributed by atoms with Crippen LogP contribution in [0.1, 0.15) is 11.1 Å². The van der Waals surface area contributed by atoms with Gasteiger partial charge >= 0.3 is 0 Å². The molecule has 0 fully saturated rings. The second-order valence-corrected chi connectivity index (χ2v) is 6.74. The second-order valence-electron chi connectivity index (χ2n) is 5.89. The maximum atomic E-state index is 13.3. The third-order valence-corrected chi connectivity index (χ3v) is 4.49. The molecule has 1 N–H and O–H groups in total. The molecule has 27 heavy (non-hydrogen) atoms. The number of methoxy groups -OCH3 is 1. The summed E-state index contributed by atoms with van der Waals surface area (Å²) in [7, 11) is 1.56. The summed E-state index contributed by atoms with van der Waals surface area (Å²) in [6.07, 6.45) is 0. The normalized spacial score (nSPS) is 10.5. The molecule has 0 spiro atoms. The van der Waals surface area contributed by atoms with Gasteiger partial charge in [-0.25, -0.2) is 8.78 Å². The Morgan fingerprint density at radius 1 is 0.926 bits per heavy atom. The second kappa shape index (κ2) is 8.86. The Balaban J connectivity index is 1.71. The topological polar surface area (TPSA) is 30.5 Å². The van der Waals surface area contributed by atoms with Gasteiger partial charge in [-0.05, 0) is 75.6 Å². The lowest BCUT2D eigenvalue weighted by Gasteiger charge is -2.15. The van der Waals surface area contributed by atoms with E-state index in [-0.39, 0.29) is 18.2 Å². The first-order chi connectivity index (χ1) is 13.0. The van der Waals surface area contributed by atoms with Gasteiger partial charge in [0.25, 0.3) is 0 Å². The summed E-state index contributed by atoms with van der Waals surface area (Å²) in [4.78, 5) is 0. The van der Waals surface area contributed by atoms with Crippen molar-refractivity contribution >= 4 is 21.6 Å². The number of hydrogen-bond acceptors (Lipinski definition) is 3. The average molecular weight is 434 g/mol. The summed E-state index contributed by atoms with van der Waals surface area (Å²) < 4.78 is 38.3. The van der Waals surface area contributed by atoms with Crippen molar-refractivity contribution in [1.82, 2.24) is 0 Å². The van der Waals surface area contributed by atoms with Crippen LogP contribution in [-0.2, 0) is 13.2 Å². The van der Waals surface area contributed by atoms with Crippen LogP contribution in [0.5, 0.6) is 11.5 Å². The van der Waals surface area contributed by atoms with E-state index in [1.54, 1.807) is 31.4 Å². The van der Waals surface area contributed by atoms with Crippen LogP contribution in [0, 0.1) is 11.6 Å². The molecule has 0 radical (unpaired) electrons. The molecule has 0 saturated heterocycles. The van der Waals surface area contributed by atoms with E-state index in [4.69, 9.17) is 9.47 Å². The lowest BCUT2D eigenvalue weighted by Crippen LogP contribution is -2.03. The van der Waals surface area contributed by atoms with E-state index in [1.807, 2.05) is 12.1 Å². The molecular formula is C21H18BrF2NO2. The summed E-state index contributed by atoms with van der Waals surface area (Å²) in [6.45, 7) is 0.755. The van der Waals surface area contributed by atoms with Crippen LogP contribution in [0.2, 0.25) is 0 Å². The summed E-state index contributed by atoms with van der Waals surface area (Å²) in [5.74, 6) is 0.540.